The third-order valence-corrected chi connectivity index (χ3v) is 3.78. The molecule has 0 unspecified atom stereocenters. The summed E-state index contributed by atoms with van der Waals surface area (Å²) in [6.07, 6.45) is 2.43. The molecule has 2 aliphatic heterocycles. The topological polar surface area (TPSA) is 78.5 Å². The Balaban J connectivity index is 1.68. The molecule has 4 atom stereocenters. The molecule has 1 fully saturated rings. The number of carboxylic acids is 1. The van der Waals surface area contributed by atoms with Gasteiger partial charge in [-0.15, -0.1) is 0 Å². The number of benzene rings is 1. The number of amides is 1. The van der Waals surface area contributed by atoms with E-state index in [1.807, 2.05) is 30.3 Å². The number of carbonyl (C=O) groups excluding carboxylic acids is 2. The average molecular weight is 272 g/mol. The molecule has 2 aliphatic rings. The first-order valence-corrected chi connectivity index (χ1v) is 6.53. The van der Waals surface area contributed by atoms with Gasteiger partial charge in [-0.3, -0.25) is 4.79 Å². The summed E-state index contributed by atoms with van der Waals surface area (Å²) in [5.74, 6) is -3.15. The maximum atomic E-state index is 12.2. The molecule has 2 heterocycles. The third kappa shape index (κ3) is 2.20. The third-order valence-electron chi connectivity index (χ3n) is 3.78. The number of carbonyl (C=O) groups is 2. The highest BCUT2D eigenvalue weighted by molar-refractivity contribution is 5.86. The van der Waals surface area contributed by atoms with Gasteiger partial charge in [0.05, 0.1) is 18.1 Å². The van der Waals surface area contributed by atoms with Crippen molar-refractivity contribution in [2.24, 2.45) is 11.8 Å². The molecule has 104 valence electrons. The van der Waals surface area contributed by atoms with Crippen LogP contribution in [0.15, 0.2) is 42.5 Å². The highest BCUT2D eigenvalue weighted by atomic mass is 16.5. The SMILES string of the molecule is O=C([O-])[C@@H]1[C@H](C(=O)NCc2ccccc2)[C@H]2C=C[C@@H]1O2. The van der Waals surface area contributed by atoms with Gasteiger partial charge in [-0.1, -0.05) is 42.5 Å². The van der Waals surface area contributed by atoms with Crippen molar-refractivity contribution in [3.63, 3.8) is 0 Å². The molecule has 0 spiro atoms. The summed E-state index contributed by atoms with van der Waals surface area (Å²) in [6, 6.07) is 9.46. The predicted molar refractivity (Wildman–Crippen MR) is 68.1 cm³/mol. The monoisotopic (exact) mass is 272 g/mol. The van der Waals surface area contributed by atoms with Crippen molar-refractivity contribution in [3.05, 3.63) is 48.0 Å². The zero-order chi connectivity index (χ0) is 14.1. The van der Waals surface area contributed by atoms with Crippen LogP contribution in [0, 0.1) is 11.8 Å². The molecule has 0 saturated carbocycles. The summed E-state index contributed by atoms with van der Waals surface area (Å²) in [5, 5.41) is 13.9. The summed E-state index contributed by atoms with van der Waals surface area (Å²) in [6.45, 7) is 0.372. The molecule has 2 bridgehead atoms. The van der Waals surface area contributed by atoms with E-state index in [1.54, 1.807) is 12.2 Å². The Morgan fingerprint density at radius 2 is 1.75 bits per heavy atom. The quantitative estimate of drug-likeness (QED) is 0.758. The van der Waals surface area contributed by atoms with Crippen LogP contribution in [-0.4, -0.2) is 24.1 Å². The van der Waals surface area contributed by atoms with Crippen LogP contribution in [0.25, 0.3) is 0 Å². The Morgan fingerprint density at radius 3 is 2.40 bits per heavy atom. The largest absolute Gasteiger partial charge is 0.550 e. The molecule has 20 heavy (non-hydrogen) atoms. The van der Waals surface area contributed by atoms with Gasteiger partial charge in [0, 0.05) is 18.4 Å². The number of rotatable bonds is 4. The number of nitrogens with one attached hydrogen (secondary N) is 1. The molecule has 0 radical (unpaired) electrons. The second-order valence-electron chi connectivity index (χ2n) is 5.02. The lowest BCUT2D eigenvalue weighted by atomic mass is 9.82. The van der Waals surface area contributed by atoms with E-state index in [0.29, 0.717) is 6.54 Å². The summed E-state index contributed by atoms with van der Waals surface area (Å²) in [7, 11) is 0. The van der Waals surface area contributed by atoms with Gasteiger partial charge in [0.15, 0.2) is 0 Å². The molecule has 1 N–H and O–H groups in total. The number of aliphatic carboxylic acids is 1. The standard InChI is InChI=1S/C15H15NO4/c17-14(16-8-9-4-2-1-3-5-9)12-10-6-7-11(20-10)13(12)15(18)19/h1-7,10-13H,8H2,(H,16,17)(H,18,19)/p-1/t10-,11+,12-,13+/m1/s1. The average Bonchev–Trinajstić information content (AvgIpc) is 3.06. The minimum Gasteiger partial charge on any atom is -0.550 e. The number of carboxylic acid groups (broad SMARTS) is 1. The van der Waals surface area contributed by atoms with Crippen LogP contribution in [0.1, 0.15) is 5.56 Å². The fourth-order valence-corrected chi connectivity index (χ4v) is 2.80. The number of hydrogen-bond donors (Lipinski definition) is 1. The molecule has 3 rings (SSSR count). The van der Waals surface area contributed by atoms with Crippen LogP contribution >= 0.6 is 0 Å². The van der Waals surface area contributed by atoms with Gasteiger partial charge >= 0.3 is 0 Å². The van der Waals surface area contributed by atoms with E-state index in [9.17, 15) is 14.7 Å². The van der Waals surface area contributed by atoms with Gasteiger partial charge in [-0.25, -0.2) is 0 Å². The van der Waals surface area contributed by atoms with Crippen molar-refractivity contribution < 1.29 is 19.4 Å². The van der Waals surface area contributed by atoms with Crippen LogP contribution < -0.4 is 10.4 Å². The minimum atomic E-state index is -1.23. The zero-order valence-electron chi connectivity index (χ0n) is 10.7. The molecule has 1 aromatic carbocycles. The lowest BCUT2D eigenvalue weighted by molar-refractivity contribution is -0.313. The first-order chi connectivity index (χ1) is 9.66. The highest BCUT2D eigenvalue weighted by Crippen LogP contribution is 2.38. The van der Waals surface area contributed by atoms with Gasteiger partial charge in [-0.05, 0) is 5.56 Å². The summed E-state index contributed by atoms with van der Waals surface area (Å²) < 4.78 is 5.44. The van der Waals surface area contributed by atoms with Crippen molar-refractivity contribution in [2.45, 2.75) is 18.8 Å². The van der Waals surface area contributed by atoms with E-state index in [-0.39, 0.29) is 5.91 Å². The molecular weight excluding hydrogens is 258 g/mol. The Bertz CT molecular complexity index is 554. The Labute approximate surface area is 116 Å². The molecule has 1 amide bonds. The molecule has 0 aromatic heterocycles. The second kappa shape index (κ2) is 5.09. The number of fused-ring (bicyclic) bond motifs is 2. The Morgan fingerprint density at radius 1 is 1.10 bits per heavy atom. The summed E-state index contributed by atoms with van der Waals surface area (Å²) in [5.41, 5.74) is 0.963. The second-order valence-corrected chi connectivity index (χ2v) is 5.02. The maximum Gasteiger partial charge on any atom is 0.227 e. The van der Waals surface area contributed by atoms with E-state index in [1.165, 1.54) is 0 Å². The van der Waals surface area contributed by atoms with Crippen molar-refractivity contribution in [2.75, 3.05) is 0 Å². The number of ether oxygens (including phenoxy) is 1. The summed E-state index contributed by atoms with van der Waals surface area (Å²) >= 11 is 0. The highest BCUT2D eigenvalue weighted by Gasteiger charge is 2.50. The zero-order valence-corrected chi connectivity index (χ0v) is 10.7. The van der Waals surface area contributed by atoms with Gasteiger partial charge < -0.3 is 20.0 Å². The maximum absolute atomic E-state index is 12.2. The van der Waals surface area contributed by atoms with Crippen molar-refractivity contribution in [1.82, 2.24) is 5.32 Å². The first kappa shape index (κ1) is 12.9. The molecule has 5 heteroatoms. The summed E-state index contributed by atoms with van der Waals surface area (Å²) in [4.78, 5) is 23.4. The van der Waals surface area contributed by atoms with Gasteiger partial charge in [-0.2, -0.15) is 0 Å². The fraction of sp³-hybridized carbons (Fsp3) is 0.333. The molecule has 5 nitrogen and oxygen atoms in total. The van der Waals surface area contributed by atoms with Gasteiger partial charge in [0.1, 0.15) is 0 Å². The minimum absolute atomic E-state index is 0.306. The van der Waals surface area contributed by atoms with Crippen LogP contribution in [0.4, 0.5) is 0 Å². The first-order valence-electron chi connectivity index (χ1n) is 6.53. The Kier molecular flexibility index (Phi) is 3.28. The van der Waals surface area contributed by atoms with Crippen molar-refractivity contribution >= 4 is 11.9 Å². The van der Waals surface area contributed by atoms with Crippen LogP contribution in [-0.2, 0) is 20.9 Å². The molecule has 1 aromatic rings. The normalized spacial score (nSPS) is 30.4. The van der Waals surface area contributed by atoms with E-state index < -0.39 is 30.0 Å². The lowest BCUT2D eigenvalue weighted by Gasteiger charge is -2.24. The van der Waals surface area contributed by atoms with Gasteiger partial charge in [0.2, 0.25) is 5.91 Å². The molecular formula is C15H14NO4-. The van der Waals surface area contributed by atoms with E-state index in [0.717, 1.165) is 5.56 Å². The predicted octanol–water partition coefficient (Wildman–Crippen LogP) is -0.378. The Hall–Kier alpha value is -2.14. The molecule has 1 saturated heterocycles. The smallest absolute Gasteiger partial charge is 0.227 e. The van der Waals surface area contributed by atoms with Crippen LogP contribution in [0.3, 0.4) is 0 Å². The van der Waals surface area contributed by atoms with E-state index >= 15 is 0 Å². The molecule has 0 aliphatic carbocycles. The fourth-order valence-electron chi connectivity index (χ4n) is 2.80. The number of hydrogen-bond acceptors (Lipinski definition) is 4. The van der Waals surface area contributed by atoms with Crippen LogP contribution in [0.5, 0.6) is 0 Å². The van der Waals surface area contributed by atoms with E-state index in [2.05, 4.69) is 5.32 Å². The lowest BCUT2D eigenvalue weighted by Crippen LogP contribution is -2.46. The van der Waals surface area contributed by atoms with Gasteiger partial charge in [0.25, 0.3) is 0 Å². The van der Waals surface area contributed by atoms with Crippen LogP contribution in [0.2, 0.25) is 0 Å². The van der Waals surface area contributed by atoms with E-state index in [4.69, 9.17) is 4.74 Å². The van der Waals surface area contributed by atoms with Crippen molar-refractivity contribution in [1.29, 1.82) is 0 Å². The van der Waals surface area contributed by atoms with Crippen molar-refractivity contribution in [3.8, 4) is 0 Å².